The second-order valence-corrected chi connectivity index (χ2v) is 6.81. The molecule has 20 heavy (non-hydrogen) atoms. The maximum absolute atomic E-state index is 12.0. The van der Waals surface area contributed by atoms with E-state index in [1.807, 2.05) is 24.3 Å². The molecule has 1 saturated carbocycles. The molecule has 2 rings (SSSR count). The van der Waals surface area contributed by atoms with Gasteiger partial charge in [-0.1, -0.05) is 26.0 Å². The molecule has 0 aliphatic heterocycles. The number of anilines is 1. The first kappa shape index (κ1) is 14.9. The lowest BCUT2D eigenvalue weighted by Crippen LogP contribution is -2.16. The summed E-state index contributed by atoms with van der Waals surface area (Å²) in [6, 6.07) is 7.58. The molecule has 1 aromatic carbocycles. The highest BCUT2D eigenvalue weighted by Gasteiger charge is 2.50. The molecule has 4 nitrogen and oxygen atoms in total. The van der Waals surface area contributed by atoms with Crippen molar-refractivity contribution in [3.63, 3.8) is 0 Å². The zero-order chi connectivity index (χ0) is 14.8. The van der Waals surface area contributed by atoms with Crippen LogP contribution in [0.5, 0.6) is 0 Å². The van der Waals surface area contributed by atoms with Gasteiger partial charge < -0.3 is 10.4 Å². The molecule has 1 aliphatic rings. The molecule has 1 amide bonds. The van der Waals surface area contributed by atoms with Crippen molar-refractivity contribution < 1.29 is 14.7 Å². The van der Waals surface area contributed by atoms with Gasteiger partial charge in [0, 0.05) is 17.4 Å². The number of aliphatic carboxylic acids is 1. The molecule has 0 bridgehead atoms. The number of amides is 1. The summed E-state index contributed by atoms with van der Waals surface area (Å²) < 4.78 is 0. The van der Waals surface area contributed by atoms with Gasteiger partial charge in [-0.15, -0.1) is 11.8 Å². The highest BCUT2D eigenvalue weighted by Crippen LogP contribution is 2.51. The third-order valence-electron chi connectivity index (χ3n) is 3.52. The number of carboxylic acid groups (broad SMARTS) is 1. The summed E-state index contributed by atoms with van der Waals surface area (Å²) >= 11 is 1.35. The smallest absolute Gasteiger partial charge is 0.313 e. The van der Waals surface area contributed by atoms with Gasteiger partial charge in [0.25, 0.3) is 0 Å². The molecule has 2 N–H and O–H groups in total. The SMILES string of the molecule is CC1(C)C[C@@H]1C(=O)Nc1cccc(CSCC(=O)O)c1. The summed E-state index contributed by atoms with van der Waals surface area (Å²) in [4.78, 5) is 22.5. The number of benzene rings is 1. The molecular formula is C15H19NO3S. The molecule has 0 unspecified atom stereocenters. The minimum absolute atomic E-state index is 0.0744. The van der Waals surface area contributed by atoms with E-state index in [4.69, 9.17) is 5.11 Å². The monoisotopic (exact) mass is 293 g/mol. The molecule has 0 aromatic heterocycles. The molecular weight excluding hydrogens is 274 g/mol. The van der Waals surface area contributed by atoms with Gasteiger partial charge in [-0.2, -0.15) is 0 Å². The zero-order valence-electron chi connectivity index (χ0n) is 11.7. The first-order chi connectivity index (χ1) is 9.38. The number of carbonyl (C=O) groups excluding carboxylic acids is 1. The normalized spacial score (nSPS) is 19.4. The van der Waals surface area contributed by atoms with E-state index >= 15 is 0 Å². The Balaban J connectivity index is 1.89. The molecule has 0 spiro atoms. The van der Waals surface area contributed by atoms with E-state index in [1.54, 1.807) is 0 Å². The van der Waals surface area contributed by atoms with Crippen LogP contribution in [0.3, 0.4) is 0 Å². The van der Waals surface area contributed by atoms with E-state index < -0.39 is 5.97 Å². The van der Waals surface area contributed by atoms with Gasteiger partial charge in [0.05, 0.1) is 5.75 Å². The summed E-state index contributed by atoms with van der Waals surface area (Å²) in [6.45, 7) is 4.19. The summed E-state index contributed by atoms with van der Waals surface area (Å²) in [5, 5.41) is 11.5. The van der Waals surface area contributed by atoms with Gasteiger partial charge in [0.2, 0.25) is 5.91 Å². The molecule has 1 atom stereocenters. The summed E-state index contributed by atoms with van der Waals surface area (Å²) in [5.74, 6) is 0.0888. The zero-order valence-corrected chi connectivity index (χ0v) is 12.5. The molecule has 1 aliphatic carbocycles. The molecule has 1 aromatic rings. The minimum Gasteiger partial charge on any atom is -0.481 e. The van der Waals surface area contributed by atoms with Crippen molar-refractivity contribution in [3.05, 3.63) is 29.8 Å². The van der Waals surface area contributed by atoms with Gasteiger partial charge in [0.15, 0.2) is 0 Å². The van der Waals surface area contributed by atoms with Crippen molar-refractivity contribution in [1.29, 1.82) is 0 Å². The van der Waals surface area contributed by atoms with Crippen molar-refractivity contribution in [2.45, 2.75) is 26.0 Å². The number of thioether (sulfide) groups is 1. The number of carbonyl (C=O) groups is 2. The Morgan fingerprint density at radius 1 is 1.45 bits per heavy atom. The van der Waals surface area contributed by atoms with Crippen LogP contribution in [0.2, 0.25) is 0 Å². The Morgan fingerprint density at radius 2 is 2.15 bits per heavy atom. The fourth-order valence-electron chi connectivity index (χ4n) is 2.14. The number of hydrogen-bond acceptors (Lipinski definition) is 3. The van der Waals surface area contributed by atoms with Crippen LogP contribution in [0.15, 0.2) is 24.3 Å². The third-order valence-corrected chi connectivity index (χ3v) is 4.51. The second kappa shape index (κ2) is 5.87. The first-order valence-corrected chi connectivity index (χ1v) is 7.73. The number of rotatable bonds is 6. The van der Waals surface area contributed by atoms with E-state index in [9.17, 15) is 9.59 Å². The van der Waals surface area contributed by atoms with Crippen molar-refractivity contribution in [2.24, 2.45) is 11.3 Å². The van der Waals surface area contributed by atoms with Crippen LogP contribution in [0, 0.1) is 11.3 Å². The quantitative estimate of drug-likeness (QED) is 0.846. The minimum atomic E-state index is -0.810. The predicted molar refractivity (Wildman–Crippen MR) is 80.8 cm³/mol. The molecule has 5 heteroatoms. The fraction of sp³-hybridized carbons (Fsp3) is 0.467. The fourth-order valence-corrected chi connectivity index (χ4v) is 2.83. The van der Waals surface area contributed by atoms with Crippen LogP contribution < -0.4 is 5.32 Å². The highest BCUT2D eigenvalue weighted by molar-refractivity contribution is 7.99. The van der Waals surface area contributed by atoms with Crippen molar-refractivity contribution in [3.8, 4) is 0 Å². The van der Waals surface area contributed by atoms with Gasteiger partial charge in [-0.25, -0.2) is 0 Å². The summed E-state index contributed by atoms with van der Waals surface area (Å²) in [7, 11) is 0. The Kier molecular flexibility index (Phi) is 4.38. The van der Waals surface area contributed by atoms with Crippen LogP contribution in [0.1, 0.15) is 25.8 Å². The summed E-state index contributed by atoms with van der Waals surface area (Å²) in [6.07, 6.45) is 0.937. The topological polar surface area (TPSA) is 66.4 Å². The number of hydrogen-bond donors (Lipinski definition) is 2. The average Bonchev–Trinajstić information content (AvgIpc) is 2.99. The highest BCUT2D eigenvalue weighted by atomic mass is 32.2. The Morgan fingerprint density at radius 3 is 2.75 bits per heavy atom. The molecule has 1 fully saturated rings. The van der Waals surface area contributed by atoms with Crippen molar-refractivity contribution >= 4 is 29.3 Å². The van der Waals surface area contributed by atoms with Crippen molar-refractivity contribution in [1.82, 2.24) is 0 Å². The number of nitrogens with one attached hydrogen (secondary N) is 1. The van der Waals surface area contributed by atoms with Crippen LogP contribution in [-0.4, -0.2) is 22.7 Å². The predicted octanol–water partition coefficient (Wildman–Crippen LogP) is 2.99. The van der Waals surface area contributed by atoms with Crippen LogP contribution >= 0.6 is 11.8 Å². The molecule has 108 valence electrons. The van der Waals surface area contributed by atoms with Gasteiger partial charge in [-0.05, 0) is 29.5 Å². The van der Waals surface area contributed by atoms with E-state index in [0.717, 1.165) is 17.7 Å². The molecule has 0 heterocycles. The van der Waals surface area contributed by atoms with E-state index in [0.29, 0.717) is 5.75 Å². The first-order valence-electron chi connectivity index (χ1n) is 6.58. The largest absolute Gasteiger partial charge is 0.481 e. The molecule has 0 radical (unpaired) electrons. The van der Waals surface area contributed by atoms with E-state index in [-0.39, 0.29) is 23.0 Å². The standard InChI is InChI=1S/C15H19NO3S/c1-15(2)7-12(15)14(19)16-11-5-3-4-10(6-11)8-20-9-13(17)18/h3-6,12H,7-9H2,1-2H3,(H,16,19)(H,17,18)/t12-/m1/s1. The van der Waals surface area contributed by atoms with Crippen LogP contribution in [0.4, 0.5) is 5.69 Å². The van der Waals surface area contributed by atoms with E-state index in [1.165, 1.54) is 11.8 Å². The Labute approximate surface area is 123 Å². The van der Waals surface area contributed by atoms with Gasteiger partial charge in [-0.3, -0.25) is 9.59 Å². The van der Waals surface area contributed by atoms with Gasteiger partial charge in [0.1, 0.15) is 0 Å². The Bertz CT molecular complexity index is 528. The van der Waals surface area contributed by atoms with Crippen LogP contribution in [0.25, 0.3) is 0 Å². The maximum Gasteiger partial charge on any atom is 0.313 e. The maximum atomic E-state index is 12.0. The van der Waals surface area contributed by atoms with E-state index in [2.05, 4.69) is 19.2 Å². The summed E-state index contributed by atoms with van der Waals surface area (Å²) in [5.41, 5.74) is 1.93. The lowest BCUT2D eigenvalue weighted by molar-refractivity contribution is -0.133. The second-order valence-electron chi connectivity index (χ2n) is 5.82. The van der Waals surface area contributed by atoms with Crippen LogP contribution in [-0.2, 0) is 15.3 Å². The average molecular weight is 293 g/mol. The van der Waals surface area contributed by atoms with Crippen molar-refractivity contribution in [2.75, 3.05) is 11.1 Å². The lowest BCUT2D eigenvalue weighted by atomic mass is 10.1. The number of carboxylic acids is 1. The third kappa shape index (κ3) is 4.00. The lowest BCUT2D eigenvalue weighted by Gasteiger charge is -2.08. The molecule has 0 saturated heterocycles. The Hall–Kier alpha value is -1.49. The van der Waals surface area contributed by atoms with Gasteiger partial charge >= 0.3 is 5.97 Å².